The molecular formula is C13H19Cl2NOS. The summed E-state index contributed by atoms with van der Waals surface area (Å²) in [5.41, 5.74) is 1.21. The van der Waals surface area contributed by atoms with Crippen molar-refractivity contribution >= 4 is 34.5 Å². The van der Waals surface area contributed by atoms with E-state index >= 15 is 0 Å². The Kier molecular flexibility index (Phi) is 6.25. The fourth-order valence-corrected chi connectivity index (χ4v) is 3.91. The molecule has 1 aromatic rings. The summed E-state index contributed by atoms with van der Waals surface area (Å²) in [5.74, 6) is 1.15. The van der Waals surface area contributed by atoms with E-state index in [0.717, 1.165) is 39.3 Å². The normalized spacial score (nSPS) is 17.2. The number of hydrogen-bond donors (Lipinski definition) is 0. The first-order chi connectivity index (χ1) is 8.83. The zero-order valence-electron chi connectivity index (χ0n) is 10.5. The topological polar surface area (TPSA) is 12.5 Å². The van der Waals surface area contributed by atoms with E-state index in [4.69, 9.17) is 27.9 Å². The summed E-state index contributed by atoms with van der Waals surface area (Å²) in [7, 11) is 0. The predicted molar refractivity (Wildman–Crippen MR) is 79.0 cm³/mol. The molecule has 1 aliphatic rings. The van der Waals surface area contributed by atoms with Crippen LogP contribution in [0, 0.1) is 0 Å². The van der Waals surface area contributed by atoms with Crippen molar-refractivity contribution in [1.29, 1.82) is 0 Å². The molecule has 0 N–H and O–H groups in total. The van der Waals surface area contributed by atoms with Crippen LogP contribution in [0.3, 0.4) is 0 Å². The molecule has 0 amide bonds. The monoisotopic (exact) mass is 307 g/mol. The Morgan fingerprint density at radius 3 is 2.61 bits per heavy atom. The minimum Gasteiger partial charge on any atom is -0.379 e. The third-order valence-corrected chi connectivity index (χ3v) is 5.16. The second kappa shape index (κ2) is 7.71. The zero-order valence-corrected chi connectivity index (χ0v) is 12.8. The Hall–Kier alpha value is 0.200. The smallest absolute Gasteiger partial charge is 0.0594 e. The third kappa shape index (κ3) is 4.10. The van der Waals surface area contributed by atoms with Crippen molar-refractivity contribution in [2.24, 2.45) is 0 Å². The van der Waals surface area contributed by atoms with Gasteiger partial charge in [0.1, 0.15) is 0 Å². The van der Waals surface area contributed by atoms with E-state index in [1.807, 2.05) is 11.3 Å². The van der Waals surface area contributed by atoms with Crippen molar-refractivity contribution in [1.82, 2.24) is 4.90 Å². The molecule has 0 saturated carbocycles. The lowest BCUT2D eigenvalue weighted by Gasteiger charge is -2.26. The van der Waals surface area contributed by atoms with Gasteiger partial charge < -0.3 is 4.74 Å². The highest BCUT2D eigenvalue weighted by atomic mass is 35.5. The van der Waals surface area contributed by atoms with Crippen LogP contribution >= 0.6 is 34.5 Å². The molecule has 2 nitrogen and oxygen atoms in total. The number of thiophene rings is 1. The standard InChI is InChI=1S/C13H19Cl2NOS/c14-9-11-8-12(18-13(11)10-15)2-1-3-16-4-6-17-7-5-16/h8H,1-7,9-10H2. The van der Waals surface area contributed by atoms with E-state index in [0.29, 0.717) is 11.8 Å². The number of nitrogens with zero attached hydrogens (tertiary/aromatic N) is 1. The molecule has 0 atom stereocenters. The number of morpholine rings is 1. The Bertz CT molecular complexity index is 342. The van der Waals surface area contributed by atoms with Gasteiger partial charge in [0, 0.05) is 28.7 Å². The van der Waals surface area contributed by atoms with Crippen molar-refractivity contribution < 1.29 is 4.74 Å². The van der Waals surface area contributed by atoms with Gasteiger partial charge in [-0.2, -0.15) is 0 Å². The molecule has 0 radical (unpaired) electrons. The average molecular weight is 308 g/mol. The summed E-state index contributed by atoms with van der Waals surface area (Å²) in [6, 6.07) is 2.22. The fourth-order valence-electron chi connectivity index (χ4n) is 2.18. The number of rotatable bonds is 6. The number of hydrogen-bond acceptors (Lipinski definition) is 3. The highest BCUT2D eigenvalue weighted by Gasteiger charge is 2.11. The van der Waals surface area contributed by atoms with Gasteiger partial charge >= 0.3 is 0 Å². The van der Waals surface area contributed by atoms with E-state index in [1.165, 1.54) is 21.7 Å². The maximum Gasteiger partial charge on any atom is 0.0594 e. The summed E-state index contributed by atoms with van der Waals surface area (Å²) >= 11 is 13.6. The van der Waals surface area contributed by atoms with Crippen LogP contribution in [-0.2, 0) is 22.9 Å². The van der Waals surface area contributed by atoms with Gasteiger partial charge in [0.15, 0.2) is 0 Å². The lowest BCUT2D eigenvalue weighted by Crippen LogP contribution is -2.36. The van der Waals surface area contributed by atoms with Gasteiger partial charge in [-0.05, 0) is 31.0 Å². The van der Waals surface area contributed by atoms with Crippen LogP contribution < -0.4 is 0 Å². The Balaban J connectivity index is 1.77. The SMILES string of the molecule is ClCc1cc(CCCN2CCOCC2)sc1CCl. The number of halogens is 2. The van der Waals surface area contributed by atoms with E-state index in [-0.39, 0.29) is 0 Å². The van der Waals surface area contributed by atoms with Gasteiger partial charge in [0.2, 0.25) is 0 Å². The van der Waals surface area contributed by atoms with Crippen LogP contribution in [0.5, 0.6) is 0 Å². The van der Waals surface area contributed by atoms with Crippen molar-refractivity contribution in [2.45, 2.75) is 24.6 Å². The van der Waals surface area contributed by atoms with Crippen LogP contribution in [0.15, 0.2) is 6.07 Å². The third-order valence-electron chi connectivity index (χ3n) is 3.21. The highest BCUT2D eigenvalue weighted by molar-refractivity contribution is 7.12. The van der Waals surface area contributed by atoms with E-state index < -0.39 is 0 Å². The predicted octanol–water partition coefficient (Wildman–Crippen LogP) is 3.49. The lowest BCUT2D eigenvalue weighted by atomic mass is 10.2. The molecule has 1 saturated heterocycles. The zero-order chi connectivity index (χ0) is 12.8. The number of aryl methyl sites for hydroxylation is 1. The van der Waals surface area contributed by atoms with Crippen molar-refractivity contribution in [3.05, 3.63) is 21.4 Å². The molecule has 2 heterocycles. The van der Waals surface area contributed by atoms with Gasteiger partial charge in [-0.1, -0.05) is 0 Å². The highest BCUT2D eigenvalue weighted by Crippen LogP contribution is 2.26. The summed E-state index contributed by atoms with van der Waals surface area (Å²) in [5, 5.41) is 0. The first-order valence-electron chi connectivity index (χ1n) is 6.36. The Morgan fingerprint density at radius 1 is 1.22 bits per heavy atom. The molecule has 0 aromatic carbocycles. The Morgan fingerprint density at radius 2 is 2.00 bits per heavy atom. The molecule has 102 valence electrons. The molecular weight excluding hydrogens is 289 g/mol. The van der Waals surface area contributed by atoms with E-state index in [2.05, 4.69) is 11.0 Å². The van der Waals surface area contributed by atoms with Gasteiger partial charge in [-0.15, -0.1) is 34.5 Å². The van der Waals surface area contributed by atoms with Crippen LogP contribution in [0.4, 0.5) is 0 Å². The molecule has 1 aromatic heterocycles. The minimum absolute atomic E-state index is 0.571. The maximum atomic E-state index is 5.91. The summed E-state index contributed by atoms with van der Waals surface area (Å²) < 4.78 is 5.34. The first kappa shape index (κ1) is 14.6. The molecule has 2 rings (SSSR count). The van der Waals surface area contributed by atoms with Crippen molar-refractivity contribution in [2.75, 3.05) is 32.8 Å². The molecule has 0 aliphatic carbocycles. The lowest BCUT2D eigenvalue weighted by molar-refractivity contribution is 0.0375. The van der Waals surface area contributed by atoms with Crippen LogP contribution in [-0.4, -0.2) is 37.7 Å². The number of alkyl halides is 2. The second-order valence-electron chi connectivity index (χ2n) is 4.49. The largest absolute Gasteiger partial charge is 0.379 e. The molecule has 1 aliphatic heterocycles. The van der Waals surface area contributed by atoms with Gasteiger partial charge in [-0.3, -0.25) is 4.90 Å². The average Bonchev–Trinajstić information content (AvgIpc) is 2.82. The van der Waals surface area contributed by atoms with Crippen LogP contribution in [0.2, 0.25) is 0 Å². The Labute approximate surface area is 123 Å². The van der Waals surface area contributed by atoms with Crippen molar-refractivity contribution in [3.8, 4) is 0 Å². The van der Waals surface area contributed by atoms with Gasteiger partial charge in [-0.25, -0.2) is 0 Å². The maximum absolute atomic E-state index is 5.91. The summed E-state index contributed by atoms with van der Waals surface area (Å²) in [4.78, 5) is 5.12. The minimum atomic E-state index is 0.571. The quantitative estimate of drug-likeness (QED) is 0.746. The van der Waals surface area contributed by atoms with E-state index in [1.54, 1.807) is 0 Å². The van der Waals surface area contributed by atoms with Crippen molar-refractivity contribution in [3.63, 3.8) is 0 Å². The molecule has 0 unspecified atom stereocenters. The van der Waals surface area contributed by atoms with Gasteiger partial charge in [0.05, 0.1) is 19.1 Å². The molecule has 18 heavy (non-hydrogen) atoms. The van der Waals surface area contributed by atoms with Crippen LogP contribution in [0.25, 0.3) is 0 Å². The first-order valence-corrected chi connectivity index (χ1v) is 8.24. The number of ether oxygens (including phenoxy) is 1. The fraction of sp³-hybridized carbons (Fsp3) is 0.692. The molecule has 0 bridgehead atoms. The molecule has 1 fully saturated rings. The summed E-state index contributed by atoms with van der Waals surface area (Å²) in [6.07, 6.45) is 2.33. The second-order valence-corrected chi connectivity index (χ2v) is 6.24. The summed E-state index contributed by atoms with van der Waals surface area (Å²) in [6.45, 7) is 5.07. The van der Waals surface area contributed by atoms with E-state index in [9.17, 15) is 0 Å². The van der Waals surface area contributed by atoms with Crippen LogP contribution in [0.1, 0.15) is 21.7 Å². The molecule has 0 spiro atoms. The van der Waals surface area contributed by atoms with Gasteiger partial charge in [0.25, 0.3) is 0 Å². The molecule has 5 heteroatoms.